The van der Waals surface area contributed by atoms with Gasteiger partial charge in [0.25, 0.3) is 8.32 Å². The molecule has 0 N–H and O–H groups in total. The van der Waals surface area contributed by atoms with Crippen LogP contribution in [0.1, 0.15) is 111 Å². The maximum absolute atomic E-state index is 13.5. The van der Waals surface area contributed by atoms with E-state index in [9.17, 15) is 9.59 Å². The number of ether oxygens (including phenoxy) is 1. The highest BCUT2D eigenvalue weighted by Gasteiger charge is 2.50. The van der Waals surface area contributed by atoms with E-state index in [1.165, 1.54) is 15.9 Å². The fourth-order valence-corrected chi connectivity index (χ4v) is 13.3. The van der Waals surface area contributed by atoms with Crippen molar-refractivity contribution in [2.24, 2.45) is 5.92 Å². The predicted molar refractivity (Wildman–Crippen MR) is 229 cm³/mol. The molecule has 288 valence electrons. The summed E-state index contributed by atoms with van der Waals surface area (Å²) in [5, 5.41) is 2.37. The van der Waals surface area contributed by atoms with Gasteiger partial charge in [-0.05, 0) is 104 Å². The van der Waals surface area contributed by atoms with Gasteiger partial charge in [0.05, 0.1) is 5.56 Å². The third-order valence-electron chi connectivity index (χ3n) is 10.4. The molecule has 0 spiro atoms. The first-order chi connectivity index (χ1) is 25.8. The zero-order valence-corrected chi connectivity index (χ0v) is 35.9. The van der Waals surface area contributed by atoms with Crippen molar-refractivity contribution in [3.8, 4) is 0 Å². The topological polar surface area (TPSA) is 61.8 Å². The van der Waals surface area contributed by atoms with Crippen LogP contribution in [0.5, 0.6) is 0 Å². The number of hydrogen-bond acceptors (Lipinski definition) is 5. The molecule has 4 rings (SSSR count). The monoisotopic (exact) mass is 764 g/mol. The van der Waals surface area contributed by atoms with Crippen molar-refractivity contribution in [3.05, 3.63) is 143 Å². The zero-order valence-electron chi connectivity index (χ0n) is 33.9. The first-order valence-electron chi connectivity index (χ1n) is 19.4. The lowest BCUT2D eigenvalue weighted by Crippen LogP contribution is -2.67. The Morgan fingerprint density at radius 1 is 0.833 bits per heavy atom. The summed E-state index contributed by atoms with van der Waals surface area (Å²) in [6.45, 7) is 17.0. The van der Waals surface area contributed by atoms with Crippen molar-refractivity contribution in [2.45, 2.75) is 104 Å². The SMILES string of the molecule is COPC[C@@H](CCCC(C)c1cc(C)cc(C)c1C(C)=O)C(/C=C\C[C@H](C)O[Si](c1ccccc1)(c1ccccc1)C(C)(C)C)OC(=O)c1ccccc1. The summed E-state index contributed by atoms with van der Waals surface area (Å²) < 4.78 is 19.3. The number of carbonyl (C=O) groups is 2. The standard InChI is InChI=1S/C47H61O5PSi/c1-34-31-36(3)45(38(5)48)43(32-34)35(2)21-19-25-40(33-53-50-9)44(51-46(49)39-23-13-10-14-24-39)30-20-22-37(4)52-54(47(6,7)8,41-26-15-11-16-27-41)42-28-17-12-18-29-42/h10-18,20,23-24,26-32,35,37,40,44,53H,19,21-22,25,33H2,1-9H3/b30-20-/t35?,37-,40+,44?/m0/s1. The minimum absolute atomic E-state index is 0.0545. The molecule has 0 amide bonds. The van der Waals surface area contributed by atoms with E-state index in [0.717, 1.165) is 42.1 Å². The minimum atomic E-state index is -2.73. The fraction of sp³-hybridized carbons (Fsp3) is 0.404. The largest absolute Gasteiger partial charge is 0.454 e. The molecule has 0 saturated heterocycles. The van der Waals surface area contributed by atoms with E-state index in [1.807, 2.05) is 25.1 Å². The lowest BCUT2D eigenvalue weighted by molar-refractivity contribution is 0.0282. The molecule has 7 heteroatoms. The molecule has 0 fully saturated rings. The van der Waals surface area contributed by atoms with Gasteiger partial charge in [-0.2, -0.15) is 0 Å². The number of aryl methyl sites for hydroxylation is 2. The maximum Gasteiger partial charge on any atom is 0.338 e. The van der Waals surface area contributed by atoms with E-state index >= 15 is 0 Å². The Bertz CT molecular complexity index is 1760. The van der Waals surface area contributed by atoms with E-state index in [4.69, 9.17) is 13.7 Å². The molecule has 5 nitrogen and oxygen atoms in total. The van der Waals surface area contributed by atoms with Crippen molar-refractivity contribution in [1.29, 1.82) is 0 Å². The Balaban J connectivity index is 1.59. The Morgan fingerprint density at radius 3 is 1.94 bits per heavy atom. The number of carbonyl (C=O) groups excluding carboxylic acids is 2. The van der Waals surface area contributed by atoms with E-state index in [-0.39, 0.29) is 43.5 Å². The molecule has 4 aromatic rings. The Morgan fingerprint density at radius 2 is 1.41 bits per heavy atom. The third-order valence-corrected chi connectivity index (χ3v) is 16.5. The molecule has 0 aliphatic carbocycles. The summed E-state index contributed by atoms with van der Waals surface area (Å²) in [7, 11) is -0.716. The summed E-state index contributed by atoms with van der Waals surface area (Å²) in [5.41, 5.74) is 4.71. The van der Waals surface area contributed by atoms with Crippen LogP contribution in [0.4, 0.5) is 0 Å². The molecule has 0 aromatic heterocycles. The summed E-state index contributed by atoms with van der Waals surface area (Å²) in [5.74, 6) is 0.0502. The summed E-state index contributed by atoms with van der Waals surface area (Å²) in [4.78, 5) is 26.2. The molecule has 0 aliphatic heterocycles. The number of Topliss-reactive ketones (excluding diaryl/α,β-unsaturated/α-hetero) is 1. The number of rotatable bonds is 19. The number of esters is 1. The Kier molecular flexibility index (Phi) is 16.2. The van der Waals surface area contributed by atoms with Crippen molar-refractivity contribution in [1.82, 2.24) is 0 Å². The second kappa shape index (κ2) is 20.3. The smallest absolute Gasteiger partial charge is 0.338 e. The molecule has 0 bridgehead atoms. The van der Waals surface area contributed by atoms with Gasteiger partial charge >= 0.3 is 5.97 Å². The first-order valence-corrected chi connectivity index (χ1v) is 22.4. The van der Waals surface area contributed by atoms with Crippen molar-refractivity contribution in [2.75, 3.05) is 13.3 Å². The molecule has 3 unspecified atom stereocenters. The fourth-order valence-electron chi connectivity index (χ4n) is 7.79. The van der Waals surface area contributed by atoms with Crippen LogP contribution in [0.3, 0.4) is 0 Å². The highest BCUT2D eigenvalue weighted by Crippen LogP contribution is 2.38. The van der Waals surface area contributed by atoms with Crippen LogP contribution in [-0.4, -0.2) is 45.5 Å². The van der Waals surface area contributed by atoms with E-state index in [0.29, 0.717) is 12.0 Å². The molecular weight excluding hydrogens is 704 g/mol. The van der Waals surface area contributed by atoms with Gasteiger partial charge in [0.1, 0.15) is 6.10 Å². The summed E-state index contributed by atoms with van der Waals surface area (Å²) >= 11 is 0. The zero-order chi connectivity index (χ0) is 39.3. The second-order valence-corrected chi connectivity index (χ2v) is 21.1. The van der Waals surface area contributed by atoms with Crippen LogP contribution in [0.2, 0.25) is 5.04 Å². The number of benzene rings is 4. The Hall–Kier alpha value is -3.67. The highest BCUT2D eigenvalue weighted by atomic mass is 31.1. The predicted octanol–water partition coefficient (Wildman–Crippen LogP) is 10.8. The van der Waals surface area contributed by atoms with E-state index in [1.54, 1.807) is 26.2 Å². The van der Waals surface area contributed by atoms with Crippen LogP contribution in [0.15, 0.2) is 115 Å². The first kappa shape index (κ1) is 43.1. The molecular formula is C47H61O5PSi. The summed E-state index contributed by atoms with van der Waals surface area (Å²) in [6.07, 6.45) is 7.83. The lowest BCUT2D eigenvalue weighted by atomic mass is 9.85. The van der Waals surface area contributed by atoms with E-state index in [2.05, 4.69) is 126 Å². The molecule has 0 aliphatic rings. The van der Waals surface area contributed by atoms with Crippen molar-refractivity contribution in [3.63, 3.8) is 0 Å². The molecule has 0 saturated carbocycles. The van der Waals surface area contributed by atoms with Crippen LogP contribution in [0.25, 0.3) is 0 Å². The average molecular weight is 765 g/mol. The normalized spacial score (nSPS) is 14.6. The van der Waals surface area contributed by atoms with E-state index < -0.39 is 14.4 Å². The average Bonchev–Trinajstić information content (AvgIpc) is 3.14. The van der Waals surface area contributed by atoms with Gasteiger partial charge in [0.15, 0.2) is 5.78 Å². The van der Waals surface area contributed by atoms with Crippen LogP contribution >= 0.6 is 8.81 Å². The number of hydrogen-bond donors (Lipinski definition) is 0. The quantitative estimate of drug-likeness (QED) is 0.0313. The van der Waals surface area contributed by atoms with Crippen molar-refractivity contribution < 1.29 is 23.3 Å². The van der Waals surface area contributed by atoms with Crippen LogP contribution < -0.4 is 10.4 Å². The minimum Gasteiger partial charge on any atom is -0.454 e. The molecule has 4 aromatic carbocycles. The Labute approximate surface area is 327 Å². The van der Waals surface area contributed by atoms with Gasteiger partial charge in [0, 0.05) is 33.5 Å². The maximum atomic E-state index is 13.5. The third kappa shape index (κ3) is 11.2. The second-order valence-electron chi connectivity index (χ2n) is 15.7. The number of ketones is 1. The highest BCUT2D eigenvalue weighted by molar-refractivity contribution is 7.32. The van der Waals surface area contributed by atoms with Gasteiger partial charge in [-0.15, -0.1) is 0 Å². The van der Waals surface area contributed by atoms with Gasteiger partial charge in [-0.1, -0.05) is 137 Å². The van der Waals surface area contributed by atoms with Crippen LogP contribution in [0, 0.1) is 19.8 Å². The molecule has 0 heterocycles. The van der Waals surface area contributed by atoms with Gasteiger partial charge in [-0.3, -0.25) is 4.79 Å². The van der Waals surface area contributed by atoms with Gasteiger partial charge in [0.2, 0.25) is 0 Å². The molecule has 54 heavy (non-hydrogen) atoms. The van der Waals surface area contributed by atoms with Gasteiger partial charge in [-0.25, -0.2) is 4.79 Å². The molecule has 5 atom stereocenters. The summed E-state index contributed by atoms with van der Waals surface area (Å²) in [6, 6.07) is 34.9. The van der Waals surface area contributed by atoms with Gasteiger partial charge < -0.3 is 13.7 Å². The van der Waals surface area contributed by atoms with Crippen molar-refractivity contribution >= 4 is 39.3 Å². The molecule has 0 radical (unpaired) electrons. The lowest BCUT2D eigenvalue weighted by Gasteiger charge is -2.44. The van der Waals surface area contributed by atoms with Crippen LogP contribution in [-0.2, 0) is 13.7 Å².